The molecule has 0 heterocycles. The number of hydrogen-bond acceptors (Lipinski definition) is 1. The lowest BCUT2D eigenvalue weighted by atomic mass is 10.0. The predicted molar refractivity (Wildman–Crippen MR) is 89.5 cm³/mol. The second-order valence-corrected chi connectivity index (χ2v) is 7.53. The van der Waals surface area contributed by atoms with Crippen molar-refractivity contribution in [3.8, 4) is 0 Å². The van der Waals surface area contributed by atoms with E-state index in [9.17, 15) is 4.79 Å². The molecule has 0 aromatic heterocycles. The summed E-state index contributed by atoms with van der Waals surface area (Å²) in [5, 5.41) is 0. The monoisotopic (exact) mass is 418 g/mol. The van der Waals surface area contributed by atoms with E-state index in [-0.39, 0.29) is 35.4 Å². The third-order valence-electron chi connectivity index (χ3n) is 4.67. The molecule has 0 saturated heterocycles. The number of aryl methyl sites for hydroxylation is 1. The topological polar surface area (TPSA) is 20.3 Å². The second kappa shape index (κ2) is 8.29. The van der Waals surface area contributed by atoms with Crippen molar-refractivity contribution >= 4 is 5.91 Å². The summed E-state index contributed by atoms with van der Waals surface area (Å²) in [4.78, 5) is 14.2. The van der Waals surface area contributed by atoms with Crippen LogP contribution in [0.3, 0.4) is 0 Å². The molecule has 0 N–H and O–H groups in total. The van der Waals surface area contributed by atoms with Crippen LogP contribution in [0.4, 0.5) is 0 Å². The van der Waals surface area contributed by atoms with E-state index >= 15 is 0 Å². The quantitative estimate of drug-likeness (QED) is 0.499. The lowest BCUT2D eigenvalue weighted by molar-refractivity contribution is -0.935. The predicted octanol–water partition coefficient (Wildman–Crippen LogP) is 0.336. The highest BCUT2D eigenvalue weighted by molar-refractivity contribution is 5.94. The molecule has 0 radical (unpaired) electrons. The van der Waals surface area contributed by atoms with Crippen LogP contribution in [0.25, 0.3) is 0 Å². The number of quaternary nitrogens is 1. The standard InChI is InChI=1S/C18H31N2O.HI/c1-15-9-11-16(12-10-15)17(21)19(5)13-8-14-20(6,7)18(2,3)4;/h9-12H,8,13-14H2,1-7H3;1H/q+1;/p-1. The maximum Gasteiger partial charge on any atom is 0.253 e. The molecule has 1 amide bonds. The van der Waals surface area contributed by atoms with Crippen LogP contribution in [0.5, 0.6) is 0 Å². The van der Waals surface area contributed by atoms with Crippen molar-refractivity contribution < 1.29 is 33.3 Å². The zero-order chi connectivity index (χ0) is 16.3. The smallest absolute Gasteiger partial charge is 0.253 e. The number of halogens is 1. The molecule has 0 spiro atoms. The van der Waals surface area contributed by atoms with Gasteiger partial charge in [0, 0.05) is 25.6 Å². The molecule has 1 aromatic rings. The van der Waals surface area contributed by atoms with Crippen molar-refractivity contribution in [2.45, 2.75) is 39.7 Å². The average Bonchev–Trinajstić information content (AvgIpc) is 2.37. The molecule has 1 rings (SSSR count). The number of amides is 1. The number of nitrogens with zero attached hydrogens (tertiary/aromatic N) is 2. The fourth-order valence-electron chi connectivity index (χ4n) is 2.06. The fraction of sp³-hybridized carbons (Fsp3) is 0.611. The molecule has 0 aliphatic rings. The fourth-order valence-corrected chi connectivity index (χ4v) is 2.06. The molecular formula is C18H31IN2O. The summed E-state index contributed by atoms with van der Waals surface area (Å²) < 4.78 is 0.958. The number of benzene rings is 1. The Morgan fingerprint density at radius 3 is 2.09 bits per heavy atom. The Bertz CT molecular complexity index is 475. The lowest BCUT2D eigenvalue weighted by Crippen LogP contribution is -3.00. The lowest BCUT2D eigenvalue weighted by Gasteiger charge is -2.42. The zero-order valence-corrected chi connectivity index (χ0v) is 17.3. The van der Waals surface area contributed by atoms with Gasteiger partial charge in [-0.05, 0) is 39.8 Å². The zero-order valence-electron chi connectivity index (χ0n) is 15.1. The van der Waals surface area contributed by atoms with Crippen LogP contribution in [0.2, 0.25) is 0 Å². The van der Waals surface area contributed by atoms with Crippen LogP contribution in [0.1, 0.15) is 43.1 Å². The maximum atomic E-state index is 12.3. The molecule has 0 saturated carbocycles. The van der Waals surface area contributed by atoms with E-state index in [0.717, 1.165) is 29.6 Å². The van der Waals surface area contributed by atoms with Crippen LogP contribution in [0, 0.1) is 6.92 Å². The summed E-state index contributed by atoms with van der Waals surface area (Å²) in [6, 6.07) is 7.79. The normalized spacial score (nSPS) is 11.8. The van der Waals surface area contributed by atoms with Gasteiger partial charge in [-0.3, -0.25) is 4.79 Å². The molecule has 1 aromatic carbocycles. The largest absolute Gasteiger partial charge is 1.00 e. The minimum Gasteiger partial charge on any atom is -1.00 e. The molecule has 22 heavy (non-hydrogen) atoms. The highest BCUT2D eigenvalue weighted by Crippen LogP contribution is 2.19. The summed E-state index contributed by atoms with van der Waals surface area (Å²) in [5.41, 5.74) is 2.17. The van der Waals surface area contributed by atoms with Gasteiger partial charge in [-0.15, -0.1) is 0 Å². The first-order valence-corrected chi connectivity index (χ1v) is 7.70. The van der Waals surface area contributed by atoms with Crippen molar-refractivity contribution in [1.82, 2.24) is 4.90 Å². The van der Waals surface area contributed by atoms with E-state index in [0.29, 0.717) is 0 Å². The summed E-state index contributed by atoms with van der Waals surface area (Å²) >= 11 is 0. The van der Waals surface area contributed by atoms with Gasteiger partial charge in [0.25, 0.3) is 5.91 Å². The SMILES string of the molecule is Cc1ccc(C(=O)N(C)CCC[N+](C)(C)C(C)(C)C)cc1.[I-]. The van der Waals surface area contributed by atoms with E-state index in [4.69, 9.17) is 0 Å². The third kappa shape index (κ3) is 5.88. The minimum absolute atomic E-state index is 0. The molecule has 0 aliphatic carbocycles. The average molecular weight is 418 g/mol. The summed E-state index contributed by atoms with van der Waals surface area (Å²) in [6.45, 7) is 10.7. The number of rotatable bonds is 5. The Hall–Kier alpha value is -0.620. The third-order valence-corrected chi connectivity index (χ3v) is 4.67. The highest BCUT2D eigenvalue weighted by Gasteiger charge is 2.30. The Morgan fingerprint density at radius 2 is 1.64 bits per heavy atom. The van der Waals surface area contributed by atoms with Crippen molar-refractivity contribution in [2.24, 2.45) is 0 Å². The maximum absolute atomic E-state index is 12.3. The molecule has 0 aliphatic heterocycles. The molecule has 0 unspecified atom stereocenters. The highest BCUT2D eigenvalue weighted by atomic mass is 127. The van der Waals surface area contributed by atoms with Crippen LogP contribution in [0.15, 0.2) is 24.3 Å². The summed E-state index contributed by atoms with van der Waals surface area (Å²) in [5.74, 6) is 0.107. The van der Waals surface area contributed by atoms with Gasteiger partial charge in [-0.2, -0.15) is 0 Å². The molecule has 126 valence electrons. The van der Waals surface area contributed by atoms with Crippen molar-refractivity contribution in [1.29, 1.82) is 0 Å². The van der Waals surface area contributed by atoms with Crippen molar-refractivity contribution in [3.63, 3.8) is 0 Å². The molecule has 0 fully saturated rings. The number of carbonyl (C=O) groups is 1. The first kappa shape index (κ1) is 21.4. The van der Waals surface area contributed by atoms with Gasteiger partial charge < -0.3 is 33.4 Å². The van der Waals surface area contributed by atoms with Crippen LogP contribution < -0.4 is 24.0 Å². The Labute approximate surface area is 153 Å². The molecule has 0 atom stereocenters. The van der Waals surface area contributed by atoms with Gasteiger partial charge >= 0.3 is 0 Å². The number of hydrogen-bond donors (Lipinski definition) is 0. The van der Waals surface area contributed by atoms with E-state index in [1.807, 2.05) is 43.1 Å². The number of carbonyl (C=O) groups excluding carboxylic acids is 1. The van der Waals surface area contributed by atoms with Gasteiger partial charge in [0.2, 0.25) is 0 Å². The van der Waals surface area contributed by atoms with Gasteiger partial charge in [0.15, 0.2) is 0 Å². The first-order chi connectivity index (χ1) is 9.54. The van der Waals surface area contributed by atoms with Gasteiger partial charge in [0.1, 0.15) is 0 Å². The first-order valence-electron chi connectivity index (χ1n) is 7.70. The van der Waals surface area contributed by atoms with Crippen LogP contribution in [-0.2, 0) is 0 Å². The van der Waals surface area contributed by atoms with Gasteiger partial charge in [-0.25, -0.2) is 0 Å². The Kier molecular flexibility index (Phi) is 8.06. The van der Waals surface area contributed by atoms with Crippen LogP contribution >= 0.6 is 0 Å². The van der Waals surface area contributed by atoms with Gasteiger partial charge in [0.05, 0.1) is 26.2 Å². The van der Waals surface area contributed by atoms with E-state index in [2.05, 4.69) is 34.9 Å². The van der Waals surface area contributed by atoms with Crippen molar-refractivity contribution in [2.75, 3.05) is 34.2 Å². The Morgan fingerprint density at radius 1 is 1.14 bits per heavy atom. The van der Waals surface area contributed by atoms with Gasteiger partial charge in [-0.1, -0.05) is 17.7 Å². The second-order valence-electron chi connectivity index (χ2n) is 7.53. The van der Waals surface area contributed by atoms with Crippen molar-refractivity contribution in [3.05, 3.63) is 35.4 Å². The van der Waals surface area contributed by atoms with E-state index < -0.39 is 0 Å². The van der Waals surface area contributed by atoms with Crippen LogP contribution in [-0.4, -0.2) is 55.1 Å². The van der Waals surface area contributed by atoms with E-state index in [1.54, 1.807) is 0 Å². The summed E-state index contributed by atoms with van der Waals surface area (Å²) in [7, 11) is 6.39. The molecular weight excluding hydrogens is 387 g/mol. The Balaban J connectivity index is 0.00000441. The van der Waals surface area contributed by atoms with E-state index in [1.165, 1.54) is 5.56 Å². The molecule has 4 heteroatoms. The molecule has 3 nitrogen and oxygen atoms in total. The summed E-state index contributed by atoms with van der Waals surface area (Å²) in [6.07, 6.45) is 1.01. The minimum atomic E-state index is 0. The molecule has 0 bridgehead atoms.